The van der Waals surface area contributed by atoms with E-state index in [0.717, 1.165) is 22.8 Å². The molecule has 1 atom stereocenters. The Morgan fingerprint density at radius 1 is 0.932 bits per heavy atom. The zero-order valence-corrected chi connectivity index (χ0v) is 24.4. The Morgan fingerprint density at radius 2 is 1.59 bits per heavy atom. The number of amides is 1. The molecule has 0 saturated carbocycles. The Bertz CT molecular complexity index is 1560. The normalized spacial score (nSPS) is 12.3. The van der Waals surface area contributed by atoms with Crippen molar-refractivity contribution >= 4 is 33.4 Å². The molecule has 0 fully saturated rings. The summed E-state index contributed by atoms with van der Waals surface area (Å²) in [5.74, 6) is -5.12. The molecule has 0 unspecified atom stereocenters. The summed E-state index contributed by atoms with van der Waals surface area (Å²) in [4.78, 5) is 16.7. The molecule has 234 valence electrons. The van der Waals surface area contributed by atoms with Gasteiger partial charge in [-0.1, -0.05) is 45.2 Å². The van der Waals surface area contributed by atoms with E-state index in [1.54, 1.807) is 0 Å². The Balaban J connectivity index is 0.000000572. The van der Waals surface area contributed by atoms with E-state index in [-0.39, 0.29) is 22.3 Å². The van der Waals surface area contributed by atoms with Crippen LogP contribution in [-0.2, 0) is 6.18 Å². The summed E-state index contributed by atoms with van der Waals surface area (Å²) in [5, 5.41) is 2.35. The van der Waals surface area contributed by atoms with Crippen LogP contribution >= 0.6 is 27.5 Å². The standard InChI is InChI=1S/C22H12ClF9N2O2.C7H7Br/c23-12-2-4-17(33-9-12)18(11-5-13(24)8-14(6-11)36-22(31,32)20(26)27)34-19(35)10-1-3-16(25)15(7-10)21(28,29)30;1-6-2-4-7(8)5-3-6/h1-9,18,20H,(H,34,35);2-5H,1H3/t18-;/m0./s1. The highest BCUT2D eigenvalue weighted by Crippen LogP contribution is 2.34. The maximum Gasteiger partial charge on any atom is 0.461 e. The monoisotopic (exact) mass is 712 g/mol. The van der Waals surface area contributed by atoms with Gasteiger partial charge in [-0.3, -0.25) is 9.78 Å². The molecule has 1 N–H and O–H groups in total. The highest BCUT2D eigenvalue weighted by molar-refractivity contribution is 9.10. The van der Waals surface area contributed by atoms with Gasteiger partial charge in [0.25, 0.3) is 5.91 Å². The number of pyridine rings is 1. The summed E-state index contributed by atoms with van der Waals surface area (Å²) in [6.07, 6.45) is -13.3. The molecule has 1 aromatic heterocycles. The number of aryl methyl sites for hydroxylation is 1. The van der Waals surface area contributed by atoms with Crippen LogP contribution in [-0.4, -0.2) is 23.4 Å². The maximum atomic E-state index is 14.2. The zero-order valence-electron chi connectivity index (χ0n) is 22.1. The van der Waals surface area contributed by atoms with Gasteiger partial charge in [-0.2, -0.15) is 30.7 Å². The number of ether oxygens (including phenoxy) is 1. The van der Waals surface area contributed by atoms with E-state index < -0.39 is 59.2 Å². The second-order valence-electron chi connectivity index (χ2n) is 8.98. The quantitative estimate of drug-likeness (QED) is 0.194. The number of rotatable bonds is 7. The molecule has 0 aliphatic heterocycles. The third kappa shape index (κ3) is 9.61. The molecule has 0 radical (unpaired) electrons. The summed E-state index contributed by atoms with van der Waals surface area (Å²) >= 11 is 9.11. The average molecular weight is 714 g/mol. The first-order valence-corrected chi connectivity index (χ1v) is 13.3. The van der Waals surface area contributed by atoms with Gasteiger partial charge >= 0.3 is 18.7 Å². The Hall–Kier alpha value is -3.78. The minimum atomic E-state index is -5.12. The van der Waals surface area contributed by atoms with Crippen molar-refractivity contribution in [1.29, 1.82) is 0 Å². The number of nitrogens with one attached hydrogen (secondary N) is 1. The largest absolute Gasteiger partial charge is 0.461 e. The van der Waals surface area contributed by atoms with Gasteiger partial charge in [-0.05, 0) is 67.1 Å². The van der Waals surface area contributed by atoms with Crippen LogP contribution in [0.5, 0.6) is 5.75 Å². The number of nitrogens with zero attached hydrogens (tertiary/aromatic N) is 1. The van der Waals surface area contributed by atoms with Gasteiger partial charge in [0.1, 0.15) is 17.4 Å². The fourth-order valence-corrected chi connectivity index (χ4v) is 3.91. The van der Waals surface area contributed by atoms with Gasteiger partial charge in [0.05, 0.1) is 22.3 Å². The number of aromatic nitrogens is 1. The van der Waals surface area contributed by atoms with E-state index in [4.69, 9.17) is 11.6 Å². The lowest BCUT2D eigenvalue weighted by molar-refractivity contribution is -0.253. The first-order valence-electron chi connectivity index (χ1n) is 12.1. The number of benzene rings is 3. The molecule has 44 heavy (non-hydrogen) atoms. The summed E-state index contributed by atoms with van der Waals surface area (Å²) in [5.41, 5.74) is -1.53. The van der Waals surface area contributed by atoms with Crippen LogP contribution in [0, 0.1) is 18.6 Å². The molecule has 0 aliphatic rings. The topological polar surface area (TPSA) is 51.2 Å². The maximum absolute atomic E-state index is 14.2. The molecule has 15 heteroatoms. The molecule has 1 heterocycles. The van der Waals surface area contributed by atoms with Crippen LogP contribution in [0.2, 0.25) is 5.02 Å². The van der Waals surface area contributed by atoms with Gasteiger partial charge in [0, 0.05) is 22.3 Å². The molecule has 4 rings (SSSR count). The van der Waals surface area contributed by atoms with Crippen molar-refractivity contribution in [2.24, 2.45) is 0 Å². The predicted octanol–water partition coefficient (Wildman–Crippen LogP) is 9.55. The molecule has 3 aromatic carbocycles. The average Bonchev–Trinajstić information content (AvgIpc) is 2.93. The number of hydrogen-bond acceptors (Lipinski definition) is 3. The first-order chi connectivity index (χ1) is 20.5. The van der Waals surface area contributed by atoms with Crippen LogP contribution in [0.1, 0.15) is 38.8 Å². The lowest BCUT2D eigenvalue weighted by Gasteiger charge is -2.22. The van der Waals surface area contributed by atoms with Crippen LogP contribution in [0.4, 0.5) is 39.5 Å². The highest BCUT2D eigenvalue weighted by Gasteiger charge is 2.44. The third-order valence-corrected chi connectivity index (χ3v) is 6.35. The van der Waals surface area contributed by atoms with Crippen LogP contribution in [0.15, 0.2) is 83.5 Å². The molecule has 1 amide bonds. The number of carbonyl (C=O) groups is 1. The Labute approximate surface area is 258 Å². The van der Waals surface area contributed by atoms with Gasteiger partial charge in [-0.25, -0.2) is 8.78 Å². The van der Waals surface area contributed by atoms with E-state index in [1.165, 1.54) is 17.7 Å². The number of alkyl halides is 7. The van der Waals surface area contributed by atoms with Crippen LogP contribution in [0.25, 0.3) is 0 Å². The molecule has 0 spiro atoms. The van der Waals surface area contributed by atoms with Crippen molar-refractivity contribution in [2.75, 3.05) is 0 Å². The van der Waals surface area contributed by atoms with Crippen molar-refractivity contribution in [2.45, 2.75) is 31.7 Å². The van der Waals surface area contributed by atoms with E-state index in [1.807, 2.05) is 12.1 Å². The third-order valence-electron chi connectivity index (χ3n) is 5.60. The second-order valence-corrected chi connectivity index (χ2v) is 10.3. The molecule has 4 nitrogen and oxygen atoms in total. The minimum Gasteiger partial charge on any atom is -0.428 e. The molecule has 0 aliphatic carbocycles. The Morgan fingerprint density at radius 3 is 2.14 bits per heavy atom. The SMILES string of the molecule is Cc1ccc(Br)cc1.O=C(N[C@@H](c1cc(F)cc(OC(F)(F)C(F)F)c1)c1ccc(Cl)cn1)c1ccc(F)c(C(F)(F)F)c1. The molecule has 4 aromatic rings. The van der Waals surface area contributed by atoms with E-state index in [0.29, 0.717) is 18.2 Å². The van der Waals surface area contributed by atoms with Gasteiger partial charge in [0.2, 0.25) is 0 Å². The number of halogens is 11. The summed E-state index contributed by atoms with van der Waals surface area (Å²) in [7, 11) is 0. The summed E-state index contributed by atoms with van der Waals surface area (Å²) < 4.78 is 124. The number of carbonyl (C=O) groups excluding carboxylic acids is 1. The summed E-state index contributed by atoms with van der Waals surface area (Å²) in [6.45, 7) is 2.08. The summed E-state index contributed by atoms with van der Waals surface area (Å²) in [6, 6.07) is 12.4. The van der Waals surface area contributed by atoms with E-state index in [9.17, 15) is 44.3 Å². The van der Waals surface area contributed by atoms with Crippen molar-refractivity contribution in [3.8, 4) is 5.75 Å². The number of hydrogen-bond donors (Lipinski definition) is 1. The van der Waals surface area contributed by atoms with Crippen molar-refractivity contribution in [1.82, 2.24) is 10.3 Å². The highest BCUT2D eigenvalue weighted by atomic mass is 79.9. The lowest BCUT2D eigenvalue weighted by atomic mass is 10.0. The van der Waals surface area contributed by atoms with Crippen molar-refractivity contribution < 1.29 is 49.0 Å². The lowest BCUT2D eigenvalue weighted by Crippen LogP contribution is -2.34. The van der Waals surface area contributed by atoms with Crippen LogP contribution < -0.4 is 10.1 Å². The Kier molecular flexibility index (Phi) is 11.3. The van der Waals surface area contributed by atoms with Crippen molar-refractivity contribution in [3.63, 3.8) is 0 Å². The second kappa shape index (κ2) is 14.3. The smallest absolute Gasteiger partial charge is 0.428 e. The van der Waals surface area contributed by atoms with Gasteiger partial charge < -0.3 is 10.1 Å². The zero-order chi connectivity index (χ0) is 32.8. The van der Waals surface area contributed by atoms with E-state index in [2.05, 4.69) is 50.0 Å². The fourth-order valence-electron chi connectivity index (χ4n) is 3.53. The van der Waals surface area contributed by atoms with Gasteiger partial charge in [-0.15, -0.1) is 0 Å². The first kappa shape index (κ1) is 34.7. The van der Waals surface area contributed by atoms with E-state index >= 15 is 0 Å². The fraction of sp³-hybridized carbons (Fsp3) is 0.172. The predicted molar refractivity (Wildman–Crippen MR) is 147 cm³/mol. The van der Waals surface area contributed by atoms with Crippen LogP contribution in [0.3, 0.4) is 0 Å². The van der Waals surface area contributed by atoms with Gasteiger partial charge in [0.15, 0.2) is 0 Å². The molecular formula is C29H19BrClF9N2O2. The van der Waals surface area contributed by atoms with Crippen molar-refractivity contribution in [3.05, 3.63) is 128 Å². The molecule has 0 bridgehead atoms. The molecule has 0 saturated heterocycles. The molecular weight excluding hydrogens is 695 g/mol. The minimum absolute atomic E-state index is 0.0944.